The van der Waals surface area contributed by atoms with Crippen molar-refractivity contribution in [2.24, 2.45) is 5.10 Å². The SMILES string of the molecule is CC[C@H](NC(=O)OC(C)(C)C)C(=O)N/N=c1\oc2cc3c(cc2c2c1CCCC2)CCC(C)(C)O3. The fourth-order valence-electron chi connectivity index (χ4n) is 4.68. The van der Waals surface area contributed by atoms with Gasteiger partial charge in [-0.15, -0.1) is 5.10 Å². The number of ether oxygens (including phenoxy) is 2. The number of nitrogens with one attached hydrogen (secondary N) is 2. The Morgan fingerprint density at radius 1 is 1.14 bits per heavy atom. The van der Waals surface area contributed by atoms with Crippen molar-refractivity contribution in [3.8, 4) is 5.75 Å². The first-order chi connectivity index (χ1) is 16.5. The van der Waals surface area contributed by atoms with E-state index in [1.54, 1.807) is 20.8 Å². The summed E-state index contributed by atoms with van der Waals surface area (Å²) in [4.78, 5) is 24.9. The summed E-state index contributed by atoms with van der Waals surface area (Å²) in [6, 6.07) is 3.39. The van der Waals surface area contributed by atoms with E-state index in [0.717, 1.165) is 55.2 Å². The van der Waals surface area contributed by atoms with Gasteiger partial charge in [0.1, 0.15) is 28.6 Å². The van der Waals surface area contributed by atoms with Crippen molar-refractivity contribution < 1.29 is 23.5 Å². The Kier molecular flexibility index (Phi) is 6.84. The van der Waals surface area contributed by atoms with Gasteiger partial charge in [0, 0.05) is 17.0 Å². The molecular weight excluding hydrogens is 446 g/mol. The molecule has 0 saturated heterocycles. The second kappa shape index (κ2) is 9.55. The van der Waals surface area contributed by atoms with E-state index in [-0.39, 0.29) is 5.60 Å². The van der Waals surface area contributed by atoms with Gasteiger partial charge in [0.05, 0.1) is 0 Å². The molecule has 0 unspecified atom stereocenters. The fourth-order valence-corrected chi connectivity index (χ4v) is 4.68. The van der Waals surface area contributed by atoms with Gasteiger partial charge < -0.3 is 19.2 Å². The van der Waals surface area contributed by atoms with Crippen molar-refractivity contribution >= 4 is 23.0 Å². The van der Waals surface area contributed by atoms with Gasteiger partial charge in [0.15, 0.2) is 0 Å². The summed E-state index contributed by atoms with van der Waals surface area (Å²) >= 11 is 0. The third kappa shape index (κ3) is 5.80. The standard InChI is InChI=1S/C27H37N3O5/c1-7-20(28-25(32)35-26(2,3)4)23(31)29-30-24-18-11-9-8-10-17(18)19-14-16-12-13-27(5,6)34-21(16)15-22(19)33-24/h14-15,20H,7-13H2,1-6H3,(H,28,32)(H,29,31)/b30-24-/t20-/m0/s1. The lowest BCUT2D eigenvalue weighted by Gasteiger charge is -2.33. The van der Waals surface area contributed by atoms with Gasteiger partial charge in [0.2, 0.25) is 5.55 Å². The van der Waals surface area contributed by atoms with Crippen LogP contribution in [0, 0.1) is 0 Å². The highest BCUT2D eigenvalue weighted by molar-refractivity contribution is 5.86. The highest BCUT2D eigenvalue weighted by atomic mass is 16.6. The largest absolute Gasteiger partial charge is 0.487 e. The molecule has 35 heavy (non-hydrogen) atoms. The molecule has 1 aromatic heterocycles. The maximum atomic E-state index is 12.8. The zero-order valence-corrected chi connectivity index (χ0v) is 21.7. The number of hydrogen-bond acceptors (Lipinski definition) is 6. The molecule has 1 aliphatic carbocycles. The number of fused-ring (bicyclic) bond motifs is 4. The summed E-state index contributed by atoms with van der Waals surface area (Å²) in [6.45, 7) is 11.3. The quantitative estimate of drug-likeness (QED) is 0.617. The Hall–Kier alpha value is -3.03. The fraction of sp³-hybridized carbons (Fsp3) is 0.593. The van der Waals surface area contributed by atoms with Crippen LogP contribution in [-0.4, -0.2) is 29.2 Å². The normalized spacial score (nSPS) is 18.2. The number of carbonyl (C=O) groups is 2. The first-order valence-electron chi connectivity index (χ1n) is 12.6. The second-order valence-electron chi connectivity index (χ2n) is 11.1. The van der Waals surface area contributed by atoms with E-state index in [9.17, 15) is 9.59 Å². The van der Waals surface area contributed by atoms with Gasteiger partial charge in [0.25, 0.3) is 5.91 Å². The summed E-state index contributed by atoms with van der Waals surface area (Å²) in [6.07, 6.45) is 5.64. The lowest BCUT2D eigenvalue weighted by molar-refractivity contribution is -0.123. The molecule has 0 saturated carbocycles. The lowest BCUT2D eigenvalue weighted by atomic mass is 9.88. The van der Waals surface area contributed by atoms with Crippen molar-refractivity contribution in [3.05, 3.63) is 34.4 Å². The molecule has 2 N–H and O–H groups in total. The van der Waals surface area contributed by atoms with Crippen LogP contribution in [0.1, 0.15) is 83.9 Å². The lowest BCUT2D eigenvalue weighted by Crippen LogP contribution is -2.47. The number of alkyl carbamates (subject to hydrolysis) is 1. The van der Waals surface area contributed by atoms with Gasteiger partial charge >= 0.3 is 6.09 Å². The molecule has 190 valence electrons. The first-order valence-corrected chi connectivity index (χ1v) is 12.6. The molecule has 2 aliphatic rings. The third-order valence-electron chi connectivity index (χ3n) is 6.49. The number of benzene rings is 1. The molecule has 0 radical (unpaired) electrons. The minimum absolute atomic E-state index is 0.216. The zero-order valence-electron chi connectivity index (χ0n) is 21.7. The molecule has 2 aromatic rings. The van der Waals surface area contributed by atoms with E-state index < -0.39 is 23.6 Å². The highest BCUT2D eigenvalue weighted by Crippen LogP contribution is 2.37. The third-order valence-corrected chi connectivity index (χ3v) is 6.49. The zero-order chi connectivity index (χ0) is 25.4. The summed E-state index contributed by atoms with van der Waals surface area (Å²) in [7, 11) is 0. The molecule has 1 atom stereocenters. The van der Waals surface area contributed by atoms with Crippen molar-refractivity contribution in [2.45, 2.75) is 104 Å². The van der Waals surface area contributed by atoms with Gasteiger partial charge in [-0.2, -0.15) is 0 Å². The summed E-state index contributed by atoms with van der Waals surface area (Å²) < 4.78 is 17.7. The average molecular weight is 484 g/mol. The van der Waals surface area contributed by atoms with Crippen LogP contribution in [0.5, 0.6) is 5.75 Å². The molecule has 0 bridgehead atoms. The van der Waals surface area contributed by atoms with Crippen LogP contribution < -0.4 is 21.0 Å². The van der Waals surface area contributed by atoms with E-state index in [1.807, 2.05) is 13.0 Å². The Balaban J connectivity index is 1.64. The number of carbonyl (C=O) groups excluding carboxylic acids is 2. The predicted octanol–water partition coefficient (Wildman–Crippen LogP) is 4.65. The molecule has 4 rings (SSSR count). The highest BCUT2D eigenvalue weighted by Gasteiger charge is 2.28. The Morgan fingerprint density at radius 2 is 1.86 bits per heavy atom. The maximum Gasteiger partial charge on any atom is 0.408 e. The monoisotopic (exact) mass is 483 g/mol. The number of nitrogens with zero attached hydrogens (tertiary/aromatic N) is 1. The Labute approximate surface area is 206 Å². The van der Waals surface area contributed by atoms with E-state index in [0.29, 0.717) is 17.6 Å². The Bertz CT molecular complexity index is 1210. The van der Waals surface area contributed by atoms with Crippen molar-refractivity contribution in [1.29, 1.82) is 0 Å². The molecule has 1 aliphatic heterocycles. The molecule has 1 aromatic carbocycles. The first kappa shape index (κ1) is 25.1. The molecule has 8 heteroatoms. The molecule has 0 fully saturated rings. The van der Waals surface area contributed by atoms with Crippen LogP contribution in [0.3, 0.4) is 0 Å². The van der Waals surface area contributed by atoms with Gasteiger partial charge in [-0.05, 0) is 96.8 Å². The van der Waals surface area contributed by atoms with Crippen LogP contribution in [0.15, 0.2) is 21.7 Å². The van der Waals surface area contributed by atoms with Gasteiger partial charge in [-0.1, -0.05) is 6.92 Å². The van der Waals surface area contributed by atoms with Crippen molar-refractivity contribution in [2.75, 3.05) is 0 Å². The topological polar surface area (TPSA) is 102 Å². The molecule has 8 nitrogen and oxygen atoms in total. The summed E-state index contributed by atoms with van der Waals surface area (Å²) in [5.74, 6) is 0.421. The smallest absolute Gasteiger partial charge is 0.408 e. The molecule has 2 amide bonds. The Morgan fingerprint density at radius 3 is 2.54 bits per heavy atom. The number of aryl methyl sites for hydroxylation is 2. The predicted molar refractivity (Wildman–Crippen MR) is 133 cm³/mol. The van der Waals surface area contributed by atoms with Crippen molar-refractivity contribution in [3.63, 3.8) is 0 Å². The minimum Gasteiger partial charge on any atom is -0.487 e. The van der Waals surface area contributed by atoms with Crippen LogP contribution in [0.25, 0.3) is 11.0 Å². The minimum atomic E-state index is -0.771. The van der Waals surface area contributed by atoms with Crippen molar-refractivity contribution in [1.82, 2.24) is 10.7 Å². The summed E-state index contributed by atoms with van der Waals surface area (Å²) in [5, 5.41) is 8.08. The number of amides is 2. The molecule has 2 heterocycles. The van der Waals surface area contributed by atoms with E-state index in [4.69, 9.17) is 13.9 Å². The van der Waals surface area contributed by atoms with Gasteiger partial charge in [-0.3, -0.25) is 4.79 Å². The maximum absolute atomic E-state index is 12.8. The van der Waals surface area contributed by atoms with Crippen LogP contribution in [-0.2, 0) is 28.8 Å². The summed E-state index contributed by atoms with van der Waals surface area (Å²) in [5.41, 5.74) is 6.32. The van der Waals surface area contributed by atoms with E-state index in [2.05, 4.69) is 35.8 Å². The van der Waals surface area contributed by atoms with Crippen LogP contribution in [0.2, 0.25) is 0 Å². The van der Waals surface area contributed by atoms with E-state index in [1.165, 1.54) is 11.1 Å². The van der Waals surface area contributed by atoms with Crippen LogP contribution in [0.4, 0.5) is 4.79 Å². The molecule has 0 spiro atoms. The van der Waals surface area contributed by atoms with Crippen LogP contribution >= 0.6 is 0 Å². The number of hydrogen-bond donors (Lipinski definition) is 2. The van der Waals surface area contributed by atoms with Gasteiger partial charge in [-0.25, -0.2) is 10.2 Å². The molecular formula is C27H37N3O5. The number of rotatable bonds is 4. The average Bonchev–Trinajstić information content (AvgIpc) is 2.78. The van der Waals surface area contributed by atoms with E-state index >= 15 is 0 Å². The second-order valence-corrected chi connectivity index (χ2v) is 11.1.